The van der Waals surface area contributed by atoms with E-state index in [0.29, 0.717) is 27.3 Å². The summed E-state index contributed by atoms with van der Waals surface area (Å²) in [5.41, 5.74) is 0.751. The number of nitrogens with zero attached hydrogens (tertiary/aromatic N) is 1. The second kappa shape index (κ2) is 7.74. The molecule has 3 aromatic carbocycles. The molecule has 0 aromatic heterocycles. The van der Waals surface area contributed by atoms with Crippen LogP contribution in [0.2, 0.25) is 0 Å². The number of hydrogen-bond acceptors (Lipinski definition) is 3. The minimum atomic E-state index is -0.714. The van der Waals surface area contributed by atoms with Crippen molar-refractivity contribution in [3.63, 3.8) is 0 Å². The van der Waals surface area contributed by atoms with Crippen molar-refractivity contribution in [2.24, 2.45) is 0 Å². The lowest BCUT2D eigenvalue weighted by atomic mass is 10.1. The van der Waals surface area contributed by atoms with Crippen molar-refractivity contribution in [1.29, 1.82) is 0 Å². The fraction of sp³-hybridized carbons (Fsp3) is 0.100. The molecule has 0 saturated carbocycles. The number of methoxy groups -OCH3 is 2. The van der Waals surface area contributed by atoms with E-state index in [-0.39, 0.29) is 5.69 Å². The molecule has 6 heteroatoms. The van der Waals surface area contributed by atoms with Gasteiger partial charge in [0.2, 0.25) is 0 Å². The Hall–Kier alpha value is -2.60. The maximum atomic E-state index is 14.8. The Labute approximate surface area is 158 Å². The van der Waals surface area contributed by atoms with Crippen LogP contribution in [-0.4, -0.2) is 14.2 Å². The Kier molecular flexibility index (Phi) is 5.42. The highest BCUT2D eigenvalue weighted by Crippen LogP contribution is 2.45. The molecule has 0 aliphatic heterocycles. The Balaban J connectivity index is 2.34. The Morgan fingerprint density at radius 3 is 1.62 bits per heavy atom. The molecule has 0 aliphatic carbocycles. The summed E-state index contributed by atoms with van der Waals surface area (Å²) < 4.78 is 40.8. The molecule has 134 valence electrons. The third-order valence-electron chi connectivity index (χ3n) is 3.86. The highest BCUT2D eigenvalue weighted by Gasteiger charge is 2.25. The predicted octanol–water partition coefficient (Wildman–Crippen LogP) is 6.21. The van der Waals surface area contributed by atoms with Crippen molar-refractivity contribution in [1.82, 2.24) is 0 Å². The molecule has 0 spiro atoms. The second-order valence-electron chi connectivity index (χ2n) is 5.40. The lowest BCUT2D eigenvalue weighted by Gasteiger charge is -2.28. The first-order valence-electron chi connectivity index (χ1n) is 7.77. The van der Waals surface area contributed by atoms with E-state index in [0.717, 1.165) is 0 Å². The second-order valence-corrected chi connectivity index (χ2v) is 6.31. The van der Waals surface area contributed by atoms with Gasteiger partial charge >= 0.3 is 0 Å². The maximum absolute atomic E-state index is 14.8. The summed E-state index contributed by atoms with van der Waals surface area (Å²) >= 11 is 3.12. The van der Waals surface area contributed by atoms with Gasteiger partial charge in [-0.25, -0.2) is 8.78 Å². The van der Waals surface area contributed by atoms with Crippen LogP contribution in [0.5, 0.6) is 11.5 Å². The van der Waals surface area contributed by atoms with E-state index in [1.807, 2.05) is 0 Å². The van der Waals surface area contributed by atoms with Crippen LogP contribution < -0.4 is 14.4 Å². The quantitative estimate of drug-likeness (QED) is 0.490. The number of para-hydroxylation sites is 4. The Morgan fingerprint density at radius 1 is 0.769 bits per heavy atom. The maximum Gasteiger partial charge on any atom is 0.151 e. The van der Waals surface area contributed by atoms with Gasteiger partial charge in [-0.05, 0) is 36.4 Å². The number of halogens is 3. The molecule has 0 unspecified atom stereocenters. The third-order valence-corrected chi connectivity index (χ3v) is 4.32. The van der Waals surface area contributed by atoms with Crippen molar-refractivity contribution in [3.8, 4) is 11.5 Å². The first-order chi connectivity index (χ1) is 12.6. The van der Waals surface area contributed by atoms with Crippen molar-refractivity contribution in [2.45, 2.75) is 0 Å². The topological polar surface area (TPSA) is 21.7 Å². The molecule has 0 bridgehead atoms. The minimum absolute atomic E-state index is 0.220. The molecular formula is C20H16BrF2NO2. The van der Waals surface area contributed by atoms with Crippen LogP contribution >= 0.6 is 15.9 Å². The van der Waals surface area contributed by atoms with Crippen molar-refractivity contribution in [2.75, 3.05) is 19.1 Å². The molecule has 0 saturated heterocycles. The van der Waals surface area contributed by atoms with E-state index in [2.05, 4.69) is 15.9 Å². The summed E-state index contributed by atoms with van der Waals surface area (Å²) in [4.78, 5) is 1.45. The van der Waals surface area contributed by atoms with Gasteiger partial charge in [0.1, 0.15) is 17.2 Å². The van der Waals surface area contributed by atoms with Crippen molar-refractivity contribution < 1.29 is 18.3 Å². The molecule has 0 fully saturated rings. The molecule has 3 nitrogen and oxygen atoms in total. The molecule has 0 radical (unpaired) electrons. The monoisotopic (exact) mass is 419 g/mol. The van der Waals surface area contributed by atoms with Gasteiger partial charge in [0.15, 0.2) is 11.6 Å². The first-order valence-corrected chi connectivity index (χ1v) is 8.56. The average Bonchev–Trinajstić information content (AvgIpc) is 2.64. The number of anilines is 3. The Morgan fingerprint density at radius 2 is 1.19 bits per heavy atom. The van der Waals surface area contributed by atoms with Gasteiger partial charge in [-0.2, -0.15) is 0 Å². The number of rotatable bonds is 5. The Bertz CT molecular complexity index is 863. The van der Waals surface area contributed by atoms with Crippen LogP contribution in [0, 0.1) is 11.6 Å². The molecule has 3 rings (SSSR count). The largest absolute Gasteiger partial charge is 0.495 e. The molecular weight excluding hydrogens is 404 g/mol. The lowest BCUT2D eigenvalue weighted by molar-refractivity contribution is 0.412. The zero-order valence-corrected chi connectivity index (χ0v) is 15.8. The van der Waals surface area contributed by atoms with E-state index < -0.39 is 11.6 Å². The van der Waals surface area contributed by atoms with Crippen LogP contribution in [0.15, 0.2) is 65.1 Å². The van der Waals surface area contributed by atoms with Gasteiger partial charge in [0, 0.05) is 4.47 Å². The van der Waals surface area contributed by atoms with Gasteiger partial charge in [-0.1, -0.05) is 40.2 Å². The highest BCUT2D eigenvalue weighted by atomic mass is 79.9. The summed E-state index contributed by atoms with van der Waals surface area (Å²) in [6.07, 6.45) is 0. The van der Waals surface area contributed by atoms with Gasteiger partial charge in [-0.15, -0.1) is 0 Å². The van der Waals surface area contributed by atoms with Gasteiger partial charge in [0.25, 0.3) is 0 Å². The van der Waals surface area contributed by atoms with E-state index in [4.69, 9.17) is 9.47 Å². The predicted molar refractivity (Wildman–Crippen MR) is 102 cm³/mol. The fourth-order valence-corrected chi connectivity index (χ4v) is 3.15. The van der Waals surface area contributed by atoms with Crippen LogP contribution in [0.1, 0.15) is 0 Å². The molecule has 0 heterocycles. The third kappa shape index (κ3) is 3.37. The molecule has 0 N–H and O–H groups in total. The zero-order chi connectivity index (χ0) is 18.7. The normalized spacial score (nSPS) is 10.5. The van der Waals surface area contributed by atoms with Crippen molar-refractivity contribution in [3.05, 3.63) is 76.8 Å². The van der Waals surface area contributed by atoms with E-state index >= 15 is 0 Å². The molecule has 0 aliphatic rings. The summed E-state index contributed by atoms with van der Waals surface area (Å²) in [7, 11) is 3.01. The summed E-state index contributed by atoms with van der Waals surface area (Å²) in [5.74, 6) is -0.484. The SMILES string of the molecule is COc1ccccc1N(c1ccccc1OC)c1c(F)cc(Br)cc1F. The lowest BCUT2D eigenvalue weighted by Crippen LogP contribution is -2.15. The van der Waals surface area contributed by atoms with Gasteiger partial charge < -0.3 is 9.47 Å². The van der Waals surface area contributed by atoms with Crippen LogP contribution in [0.25, 0.3) is 0 Å². The zero-order valence-electron chi connectivity index (χ0n) is 14.2. The van der Waals surface area contributed by atoms with Gasteiger partial charge in [-0.3, -0.25) is 4.90 Å². The summed E-state index contributed by atoms with van der Waals surface area (Å²) in [6, 6.07) is 16.5. The molecule has 0 atom stereocenters. The van der Waals surface area contributed by atoms with E-state index in [1.54, 1.807) is 48.5 Å². The summed E-state index contributed by atoms with van der Waals surface area (Å²) in [5, 5.41) is 0. The smallest absolute Gasteiger partial charge is 0.151 e. The van der Waals surface area contributed by atoms with Crippen LogP contribution in [-0.2, 0) is 0 Å². The van der Waals surface area contributed by atoms with Crippen molar-refractivity contribution >= 4 is 33.0 Å². The molecule has 26 heavy (non-hydrogen) atoms. The molecule has 3 aromatic rings. The number of benzene rings is 3. The number of ether oxygens (including phenoxy) is 2. The number of hydrogen-bond donors (Lipinski definition) is 0. The van der Waals surface area contributed by atoms with E-state index in [9.17, 15) is 8.78 Å². The average molecular weight is 420 g/mol. The standard InChI is InChI=1S/C20H16BrF2NO2/c1-25-18-9-5-3-7-16(18)24(17-8-4-6-10-19(17)26-2)20-14(22)11-13(21)12-15(20)23/h3-12H,1-2H3. The van der Waals surface area contributed by atoms with Gasteiger partial charge in [0.05, 0.1) is 25.6 Å². The minimum Gasteiger partial charge on any atom is -0.495 e. The van der Waals surface area contributed by atoms with Crippen LogP contribution in [0.4, 0.5) is 25.8 Å². The summed E-state index contributed by atoms with van der Waals surface area (Å²) in [6.45, 7) is 0. The highest BCUT2D eigenvalue weighted by molar-refractivity contribution is 9.10. The van der Waals surface area contributed by atoms with E-state index in [1.165, 1.54) is 31.3 Å². The first kappa shape index (κ1) is 18.2. The molecule has 0 amide bonds. The van der Waals surface area contributed by atoms with Crippen LogP contribution in [0.3, 0.4) is 0 Å². The fourth-order valence-electron chi connectivity index (χ4n) is 2.75.